The molecule has 1 fully saturated rings. The molecule has 0 aromatic rings. The van der Waals surface area contributed by atoms with Crippen LogP contribution >= 0.6 is 0 Å². The fraction of sp³-hybridized carbons (Fsp3) is 0.700. The van der Waals surface area contributed by atoms with Crippen LogP contribution in [0.25, 0.3) is 0 Å². The van der Waals surface area contributed by atoms with Crippen molar-refractivity contribution in [3.05, 3.63) is 22.8 Å². The molecule has 0 saturated carbocycles. The third-order valence-corrected chi connectivity index (χ3v) is 5.98. The maximum atomic E-state index is 12.8. The van der Waals surface area contributed by atoms with Gasteiger partial charge < -0.3 is 14.6 Å². The first-order valence-electron chi connectivity index (χ1n) is 9.19. The summed E-state index contributed by atoms with van der Waals surface area (Å²) in [4.78, 5) is 24.9. The topological polar surface area (TPSA) is 72.8 Å². The van der Waals surface area contributed by atoms with Crippen molar-refractivity contribution in [3.8, 4) is 0 Å². The number of rotatable bonds is 0. The quantitative estimate of drug-likeness (QED) is 0.538. The third kappa shape index (κ3) is 3.32. The fourth-order valence-corrected chi connectivity index (χ4v) is 4.21. The molecule has 5 heteroatoms. The third-order valence-electron chi connectivity index (χ3n) is 5.98. The molecule has 0 aromatic carbocycles. The molecule has 0 unspecified atom stereocenters. The number of carbonyl (C=O) groups is 2. The van der Waals surface area contributed by atoms with Gasteiger partial charge in [-0.15, -0.1) is 0 Å². The molecule has 3 rings (SSSR count). The predicted octanol–water partition coefficient (Wildman–Crippen LogP) is 2.86. The van der Waals surface area contributed by atoms with E-state index < -0.39 is 23.8 Å². The first kappa shape index (κ1) is 18.3. The molecule has 3 aliphatic rings. The number of esters is 1. The number of ketones is 1. The number of hydrogen-bond acceptors (Lipinski definition) is 5. The number of aliphatic hydroxyl groups is 1. The van der Waals surface area contributed by atoms with Gasteiger partial charge in [0.15, 0.2) is 11.9 Å². The summed E-state index contributed by atoms with van der Waals surface area (Å²) in [5.41, 5.74) is 0.798. The van der Waals surface area contributed by atoms with E-state index in [2.05, 4.69) is 13.0 Å². The van der Waals surface area contributed by atoms with Crippen molar-refractivity contribution in [2.24, 2.45) is 5.92 Å². The van der Waals surface area contributed by atoms with Gasteiger partial charge >= 0.3 is 5.97 Å². The van der Waals surface area contributed by atoms with Crippen molar-refractivity contribution in [2.75, 3.05) is 0 Å². The van der Waals surface area contributed by atoms with Crippen molar-refractivity contribution in [1.29, 1.82) is 0 Å². The lowest BCUT2D eigenvalue weighted by Crippen LogP contribution is -2.49. The Labute approximate surface area is 149 Å². The summed E-state index contributed by atoms with van der Waals surface area (Å²) in [6, 6.07) is 0. The zero-order valence-electron chi connectivity index (χ0n) is 15.5. The Hall–Kier alpha value is -1.46. The van der Waals surface area contributed by atoms with E-state index in [9.17, 15) is 14.7 Å². The Bertz CT molecular complexity index is 646. The number of allylic oxidation sites excluding steroid dienone is 2. The highest BCUT2D eigenvalue weighted by molar-refractivity contribution is 6.07. The average molecular weight is 348 g/mol. The van der Waals surface area contributed by atoms with Crippen molar-refractivity contribution in [1.82, 2.24) is 0 Å². The van der Waals surface area contributed by atoms with Crippen LogP contribution in [0.2, 0.25) is 0 Å². The second-order valence-electron chi connectivity index (χ2n) is 8.02. The SMILES string of the molecule is CC1=C2C(=O)C/C(C)=C\CC[C@@H](C)[C@H]3CC[C@](C)(O3)[C@@H](O)[C@H]2OC1=O. The monoisotopic (exact) mass is 348 g/mol. The van der Waals surface area contributed by atoms with E-state index >= 15 is 0 Å². The van der Waals surface area contributed by atoms with Crippen LogP contribution in [0, 0.1) is 5.92 Å². The molecule has 0 radical (unpaired) electrons. The Kier molecular flexibility index (Phi) is 4.91. The fourth-order valence-electron chi connectivity index (χ4n) is 4.21. The van der Waals surface area contributed by atoms with Gasteiger partial charge in [-0.1, -0.05) is 18.6 Å². The van der Waals surface area contributed by atoms with E-state index in [0.29, 0.717) is 23.5 Å². The molecule has 138 valence electrons. The van der Waals surface area contributed by atoms with E-state index in [1.54, 1.807) is 6.92 Å². The maximum Gasteiger partial charge on any atom is 0.334 e. The van der Waals surface area contributed by atoms with Crippen LogP contribution in [-0.2, 0) is 19.1 Å². The highest BCUT2D eigenvalue weighted by atomic mass is 16.6. The summed E-state index contributed by atoms with van der Waals surface area (Å²) in [7, 11) is 0. The first-order valence-corrected chi connectivity index (χ1v) is 9.19. The van der Waals surface area contributed by atoms with Crippen LogP contribution in [0.3, 0.4) is 0 Å². The molecule has 0 amide bonds. The number of aliphatic hydroxyl groups excluding tert-OH is 1. The Balaban J connectivity index is 1.99. The average Bonchev–Trinajstić information content (AvgIpc) is 3.08. The molecule has 2 bridgehead atoms. The molecule has 5 nitrogen and oxygen atoms in total. The van der Waals surface area contributed by atoms with Crippen molar-refractivity contribution >= 4 is 11.8 Å². The molecule has 5 atom stereocenters. The molecular weight excluding hydrogens is 320 g/mol. The van der Waals surface area contributed by atoms with Gasteiger partial charge in [0, 0.05) is 17.6 Å². The van der Waals surface area contributed by atoms with Crippen LogP contribution in [0.1, 0.15) is 59.8 Å². The molecule has 1 saturated heterocycles. The number of Topliss-reactive ketones (excluding diaryl/α,β-unsaturated/α-hetero) is 1. The van der Waals surface area contributed by atoms with Gasteiger partial charge in [0.2, 0.25) is 0 Å². The van der Waals surface area contributed by atoms with Crippen molar-refractivity contribution in [2.45, 2.75) is 83.7 Å². The number of ether oxygens (including phenoxy) is 2. The standard InChI is InChI=1S/C20H28O5/c1-11-6-5-7-12(2)15-8-9-20(4,25-15)18(22)17-16(14(21)10-11)13(3)19(23)24-17/h6,12,15,17-18,22H,5,7-10H2,1-4H3/b11-6-/t12-,15-,17+,18+,20+/m1/s1. The summed E-state index contributed by atoms with van der Waals surface area (Å²) in [5.74, 6) is -0.295. The summed E-state index contributed by atoms with van der Waals surface area (Å²) in [6.07, 6.45) is 3.88. The smallest absolute Gasteiger partial charge is 0.334 e. The largest absolute Gasteiger partial charge is 0.451 e. The summed E-state index contributed by atoms with van der Waals surface area (Å²) in [6.45, 7) is 7.56. The van der Waals surface area contributed by atoms with E-state index in [0.717, 1.165) is 24.8 Å². The zero-order chi connectivity index (χ0) is 18.4. The van der Waals surface area contributed by atoms with E-state index in [4.69, 9.17) is 9.47 Å². The summed E-state index contributed by atoms with van der Waals surface area (Å²) >= 11 is 0. The lowest BCUT2D eigenvalue weighted by atomic mass is 9.85. The van der Waals surface area contributed by atoms with Gasteiger partial charge in [-0.25, -0.2) is 4.79 Å². The Morgan fingerprint density at radius 2 is 1.96 bits per heavy atom. The van der Waals surface area contributed by atoms with Gasteiger partial charge in [0.05, 0.1) is 11.7 Å². The van der Waals surface area contributed by atoms with Gasteiger partial charge in [0.25, 0.3) is 0 Å². The van der Waals surface area contributed by atoms with Crippen LogP contribution in [-0.4, -0.2) is 40.8 Å². The highest BCUT2D eigenvalue weighted by Gasteiger charge is 2.51. The van der Waals surface area contributed by atoms with Gasteiger partial charge in [0.1, 0.15) is 6.10 Å². The van der Waals surface area contributed by atoms with E-state index in [1.807, 2.05) is 13.8 Å². The van der Waals surface area contributed by atoms with E-state index in [1.165, 1.54) is 0 Å². The zero-order valence-corrected chi connectivity index (χ0v) is 15.5. The molecule has 25 heavy (non-hydrogen) atoms. The van der Waals surface area contributed by atoms with Gasteiger partial charge in [-0.2, -0.15) is 0 Å². The summed E-state index contributed by atoms with van der Waals surface area (Å²) in [5, 5.41) is 11.0. The van der Waals surface area contributed by atoms with Crippen LogP contribution < -0.4 is 0 Å². The van der Waals surface area contributed by atoms with Crippen LogP contribution in [0.5, 0.6) is 0 Å². The first-order chi connectivity index (χ1) is 11.7. The summed E-state index contributed by atoms with van der Waals surface area (Å²) < 4.78 is 11.6. The van der Waals surface area contributed by atoms with Gasteiger partial charge in [-0.05, 0) is 52.4 Å². The Morgan fingerprint density at radius 1 is 1.24 bits per heavy atom. The normalized spacial score (nSPS) is 42.0. The minimum atomic E-state index is -1.05. The Morgan fingerprint density at radius 3 is 2.68 bits per heavy atom. The number of fused-ring (bicyclic) bond motifs is 3. The van der Waals surface area contributed by atoms with E-state index in [-0.39, 0.29) is 18.3 Å². The molecule has 0 aromatic heterocycles. The van der Waals surface area contributed by atoms with Crippen LogP contribution in [0.15, 0.2) is 22.8 Å². The molecule has 0 spiro atoms. The second kappa shape index (κ2) is 6.69. The highest BCUT2D eigenvalue weighted by Crippen LogP contribution is 2.41. The lowest BCUT2D eigenvalue weighted by molar-refractivity contribution is -0.165. The van der Waals surface area contributed by atoms with Crippen molar-refractivity contribution in [3.63, 3.8) is 0 Å². The van der Waals surface area contributed by atoms with Gasteiger partial charge in [-0.3, -0.25) is 4.79 Å². The number of carbonyl (C=O) groups excluding carboxylic acids is 2. The molecule has 3 aliphatic heterocycles. The lowest BCUT2D eigenvalue weighted by Gasteiger charge is -2.34. The van der Waals surface area contributed by atoms with Crippen molar-refractivity contribution < 1.29 is 24.2 Å². The molecule has 1 N–H and O–H groups in total. The molecule has 3 heterocycles. The second-order valence-corrected chi connectivity index (χ2v) is 8.02. The molecule has 0 aliphatic carbocycles. The minimum absolute atomic E-state index is 0.0791. The predicted molar refractivity (Wildman–Crippen MR) is 92.9 cm³/mol. The number of hydrogen-bond donors (Lipinski definition) is 1. The molecular formula is C20H28O5. The minimum Gasteiger partial charge on any atom is -0.451 e. The van der Waals surface area contributed by atoms with Crippen LogP contribution in [0.4, 0.5) is 0 Å². The maximum absolute atomic E-state index is 12.8.